The zero-order valence-electron chi connectivity index (χ0n) is 7.38. The number of hydrogen-bond acceptors (Lipinski definition) is 5. The first kappa shape index (κ1) is 9.48. The van der Waals surface area contributed by atoms with E-state index in [0.29, 0.717) is 5.13 Å². The maximum absolute atomic E-state index is 5.54. The van der Waals surface area contributed by atoms with Crippen LogP contribution in [-0.4, -0.2) is 9.97 Å². The zero-order valence-corrected chi connectivity index (χ0v) is 9.02. The van der Waals surface area contributed by atoms with Crippen LogP contribution in [0.1, 0.15) is 4.88 Å². The Hall–Kier alpha value is -1.07. The molecule has 0 radical (unpaired) electrons. The van der Waals surface area contributed by atoms with Crippen LogP contribution in [0, 0.1) is 0 Å². The van der Waals surface area contributed by atoms with Gasteiger partial charge in [-0.2, -0.15) is 0 Å². The molecule has 0 unspecified atom stereocenters. The molecule has 0 aromatic carbocycles. The maximum Gasteiger partial charge on any atom is 0.180 e. The molecule has 0 amide bonds. The summed E-state index contributed by atoms with van der Waals surface area (Å²) in [5.41, 5.74) is 5.54. The lowest BCUT2D eigenvalue weighted by atomic mass is 10.5. The van der Waals surface area contributed by atoms with Crippen molar-refractivity contribution in [3.63, 3.8) is 0 Å². The second-order valence-electron chi connectivity index (χ2n) is 2.64. The fraction of sp³-hybridized carbons (Fsp3) is 0.111. The Kier molecular flexibility index (Phi) is 3.00. The minimum atomic E-state index is 0.635. The molecule has 0 atom stereocenters. The number of anilines is 1. The van der Waals surface area contributed by atoms with E-state index in [1.165, 1.54) is 21.1 Å². The van der Waals surface area contributed by atoms with E-state index < -0.39 is 0 Å². The number of pyridine rings is 1. The molecular weight excluding hydrogens is 214 g/mol. The molecule has 2 rings (SSSR count). The third kappa shape index (κ3) is 2.46. The van der Waals surface area contributed by atoms with Crippen molar-refractivity contribution in [2.45, 2.75) is 10.6 Å². The van der Waals surface area contributed by atoms with Crippen LogP contribution < -0.4 is 5.73 Å². The third-order valence-electron chi connectivity index (χ3n) is 1.60. The number of nitrogens with zero attached hydrogens (tertiary/aromatic N) is 2. The van der Waals surface area contributed by atoms with Crippen LogP contribution in [0.15, 0.2) is 35.6 Å². The molecule has 14 heavy (non-hydrogen) atoms. The van der Waals surface area contributed by atoms with Gasteiger partial charge in [0.1, 0.15) is 0 Å². The predicted molar refractivity (Wildman–Crippen MR) is 60.3 cm³/mol. The molecule has 0 fully saturated rings. The van der Waals surface area contributed by atoms with Crippen molar-refractivity contribution in [3.8, 4) is 0 Å². The molecule has 2 heterocycles. The highest BCUT2D eigenvalue weighted by Gasteiger charge is 1.99. The van der Waals surface area contributed by atoms with Gasteiger partial charge in [0.2, 0.25) is 0 Å². The third-order valence-corrected chi connectivity index (χ3v) is 3.67. The normalized spacial score (nSPS) is 10.3. The largest absolute Gasteiger partial charge is 0.375 e. The first-order valence-corrected chi connectivity index (χ1v) is 5.88. The second kappa shape index (κ2) is 4.43. The number of rotatable bonds is 3. The van der Waals surface area contributed by atoms with Gasteiger partial charge in [-0.25, -0.2) is 4.98 Å². The van der Waals surface area contributed by atoms with Crippen molar-refractivity contribution < 1.29 is 0 Å². The monoisotopic (exact) mass is 223 g/mol. The van der Waals surface area contributed by atoms with Gasteiger partial charge in [0, 0.05) is 34.1 Å². The van der Waals surface area contributed by atoms with Crippen molar-refractivity contribution in [1.29, 1.82) is 0 Å². The Labute approximate surface area is 90.4 Å². The van der Waals surface area contributed by atoms with Crippen LogP contribution in [0.2, 0.25) is 0 Å². The van der Waals surface area contributed by atoms with Gasteiger partial charge in [-0.3, -0.25) is 4.98 Å². The highest BCUT2D eigenvalue weighted by atomic mass is 32.2. The summed E-state index contributed by atoms with van der Waals surface area (Å²) in [6.45, 7) is 0. The van der Waals surface area contributed by atoms with Crippen molar-refractivity contribution in [2.24, 2.45) is 0 Å². The van der Waals surface area contributed by atoms with Gasteiger partial charge in [0.25, 0.3) is 0 Å². The van der Waals surface area contributed by atoms with Gasteiger partial charge < -0.3 is 5.73 Å². The lowest BCUT2D eigenvalue weighted by Crippen LogP contribution is -1.77. The molecule has 0 aliphatic carbocycles. The molecular formula is C9H9N3S2. The van der Waals surface area contributed by atoms with E-state index in [0.717, 1.165) is 5.75 Å². The average molecular weight is 223 g/mol. The molecule has 2 aromatic heterocycles. The summed E-state index contributed by atoms with van der Waals surface area (Å²) in [6.07, 6.45) is 5.42. The first-order chi connectivity index (χ1) is 6.84. The SMILES string of the molecule is Nc1ncc(CSc2ccncc2)s1. The smallest absolute Gasteiger partial charge is 0.180 e. The van der Waals surface area contributed by atoms with Crippen LogP contribution in [0.3, 0.4) is 0 Å². The van der Waals surface area contributed by atoms with Gasteiger partial charge in [-0.15, -0.1) is 23.1 Å². The topological polar surface area (TPSA) is 51.8 Å². The molecule has 2 aromatic rings. The Balaban J connectivity index is 1.95. The molecule has 0 aliphatic heterocycles. The summed E-state index contributed by atoms with van der Waals surface area (Å²) in [6, 6.07) is 3.99. The maximum atomic E-state index is 5.54. The molecule has 0 spiro atoms. The van der Waals surface area contributed by atoms with Crippen LogP contribution in [0.5, 0.6) is 0 Å². The molecule has 0 aliphatic rings. The fourth-order valence-corrected chi connectivity index (χ4v) is 2.57. The molecule has 0 saturated heterocycles. The zero-order chi connectivity index (χ0) is 9.80. The number of hydrogen-bond donors (Lipinski definition) is 1. The van der Waals surface area contributed by atoms with Gasteiger partial charge in [-0.1, -0.05) is 0 Å². The Morgan fingerprint density at radius 3 is 2.79 bits per heavy atom. The second-order valence-corrected chi connectivity index (χ2v) is 4.83. The summed E-state index contributed by atoms with van der Waals surface area (Å²) in [5.74, 6) is 0.916. The van der Waals surface area contributed by atoms with Gasteiger partial charge in [0.05, 0.1) is 0 Å². The summed E-state index contributed by atoms with van der Waals surface area (Å²) in [4.78, 5) is 10.4. The molecule has 3 nitrogen and oxygen atoms in total. The summed E-state index contributed by atoms with van der Waals surface area (Å²) < 4.78 is 0. The van der Waals surface area contributed by atoms with Gasteiger partial charge in [-0.05, 0) is 12.1 Å². The molecule has 2 N–H and O–H groups in total. The molecule has 0 bridgehead atoms. The van der Waals surface area contributed by atoms with Gasteiger partial charge in [0.15, 0.2) is 5.13 Å². The van der Waals surface area contributed by atoms with E-state index in [1.807, 2.05) is 18.3 Å². The van der Waals surface area contributed by atoms with Gasteiger partial charge >= 0.3 is 0 Å². The lowest BCUT2D eigenvalue weighted by Gasteiger charge is -1.96. The molecule has 0 saturated carbocycles. The number of aromatic nitrogens is 2. The number of thiazole rings is 1. The van der Waals surface area contributed by atoms with E-state index in [2.05, 4.69) is 9.97 Å². The molecule has 5 heteroatoms. The standard InChI is InChI=1S/C9H9N3S2/c10-9-12-5-8(14-9)6-13-7-1-3-11-4-2-7/h1-5H,6H2,(H2,10,12). The minimum Gasteiger partial charge on any atom is -0.375 e. The highest BCUT2D eigenvalue weighted by molar-refractivity contribution is 7.98. The quantitative estimate of drug-likeness (QED) is 0.812. The number of nitrogen functional groups attached to an aromatic ring is 1. The first-order valence-electron chi connectivity index (χ1n) is 4.07. The molecule has 72 valence electrons. The van der Waals surface area contributed by atoms with Crippen molar-refractivity contribution >= 4 is 28.2 Å². The Morgan fingerprint density at radius 1 is 1.36 bits per heavy atom. The summed E-state index contributed by atoms with van der Waals surface area (Å²) >= 11 is 3.30. The van der Waals surface area contributed by atoms with E-state index in [-0.39, 0.29) is 0 Å². The summed E-state index contributed by atoms with van der Waals surface area (Å²) in [7, 11) is 0. The van der Waals surface area contributed by atoms with Crippen molar-refractivity contribution in [1.82, 2.24) is 9.97 Å². The van der Waals surface area contributed by atoms with E-state index in [9.17, 15) is 0 Å². The Bertz CT molecular complexity index is 399. The summed E-state index contributed by atoms with van der Waals surface area (Å²) in [5, 5.41) is 0.635. The minimum absolute atomic E-state index is 0.635. The van der Waals surface area contributed by atoms with E-state index in [4.69, 9.17) is 5.73 Å². The van der Waals surface area contributed by atoms with Crippen molar-refractivity contribution in [2.75, 3.05) is 5.73 Å². The van der Waals surface area contributed by atoms with Crippen LogP contribution in [0.4, 0.5) is 5.13 Å². The Morgan fingerprint density at radius 2 is 2.14 bits per heavy atom. The van der Waals surface area contributed by atoms with E-state index >= 15 is 0 Å². The predicted octanol–water partition coefficient (Wildman–Crippen LogP) is 2.41. The van der Waals surface area contributed by atoms with Crippen molar-refractivity contribution in [3.05, 3.63) is 35.6 Å². The fourth-order valence-electron chi connectivity index (χ4n) is 0.978. The van der Waals surface area contributed by atoms with E-state index in [1.54, 1.807) is 24.2 Å². The lowest BCUT2D eigenvalue weighted by molar-refractivity contribution is 1.26. The van der Waals surface area contributed by atoms with Crippen LogP contribution >= 0.6 is 23.1 Å². The highest BCUT2D eigenvalue weighted by Crippen LogP contribution is 2.25. The number of nitrogens with two attached hydrogens (primary N) is 1. The number of thioether (sulfide) groups is 1. The van der Waals surface area contributed by atoms with Crippen LogP contribution in [-0.2, 0) is 5.75 Å². The average Bonchev–Trinajstić information content (AvgIpc) is 2.63. The van der Waals surface area contributed by atoms with Crippen LogP contribution in [0.25, 0.3) is 0 Å².